The Bertz CT molecular complexity index is 631. The van der Waals surface area contributed by atoms with E-state index in [0.717, 1.165) is 16.1 Å². The van der Waals surface area contributed by atoms with Crippen molar-refractivity contribution in [2.75, 3.05) is 0 Å². The molecule has 2 aromatic carbocycles. The third-order valence-electron chi connectivity index (χ3n) is 3.39. The number of benzene rings is 2. The van der Waals surface area contributed by atoms with E-state index in [1.54, 1.807) is 0 Å². The first kappa shape index (κ1) is 14.6. The lowest BCUT2D eigenvalue weighted by molar-refractivity contribution is 0.495. The molecule has 0 radical (unpaired) electrons. The molecule has 1 N–H and O–H groups in total. The van der Waals surface area contributed by atoms with Crippen molar-refractivity contribution in [3.05, 3.63) is 70.2 Å². The maximum atomic E-state index is 8.95. The molecule has 2 atom stereocenters. The van der Waals surface area contributed by atoms with Crippen LogP contribution in [-0.2, 0) is 0 Å². The van der Waals surface area contributed by atoms with Gasteiger partial charge >= 0.3 is 0 Å². The molecule has 0 aliphatic carbocycles. The number of hydrogen-bond acceptors (Lipinski definition) is 2. The Morgan fingerprint density at radius 1 is 1.05 bits per heavy atom. The minimum absolute atomic E-state index is 0.143. The zero-order chi connectivity index (χ0) is 14.5. The molecule has 0 saturated heterocycles. The zero-order valence-electron chi connectivity index (χ0n) is 11.6. The van der Waals surface area contributed by atoms with E-state index in [4.69, 9.17) is 16.9 Å². The molecular formula is C17H17ClN2. The zero-order valence-corrected chi connectivity index (χ0v) is 12.4. The van der Waals surface area contributed by atoms with Gasteiger partial charge in [0.1, 0.15) is 0 Å². The quantitative estimate of drug-likeness (QED) is 0.889. The molecule has 0 bridgehead atoms. The van der Waals surface area contributed by atoms with Gasteiger partial charge in [-0.2, -0.15) is 5.26 Å². The van der Waals surface area contributed by atoms with Crippen molar-refractivity contribution in [3.63, 3.8) is 0 Å². The van der Waals surface area contributed by atoms with Gasteiger partial charge in [0, 0.05) is 17.1 Å². The molecule has 102 valence electrons. The van der Waals surface area contributed by atoms with Crippen molar-refractivity contribution >= 4 is 11.6 Å². The average molecular weight is 285 g/mol. The van der Waals surface area contributed by atoms with Crippen molar-refractivity contribution in [1.29, 1.82) is 5.26 Å². The molecule has 0 amide bonds. The van der Waals surface area contributed by atoms with E-state index in [-0.39, 0.29) is 12.1 Å². The molecule has 3 heteroatoms. The van der Waals surface area contributed by atoms with Crippen molar-refractivity contribution in [2.45, 2.75) is 25.9 Å². The summed E-state index contributed by atoms with van der Waals surface area (Å²) in [5, 5.41) is 13.2. The van der Waals surface area contributed by atoms with E-state index >= 15 is 0 Å². The predicted molar refractivity (Wildman–Crippen MR) is 82.6 cm³/mol. The largest absolute Gasteiger partial charge is 0.304 e. The van der Waals surface area contributed by atoms with Gasteiger partial charge in [-0.1, -0.05) is 41.9 Å². The van der Waals surface area contributed by atoms with Gasteiger partial charge in [0.25, 0.3) is 0 Å². The molecule has 2 nitrogen and oxygen atoms in total. The predicted octanol–water partition coefficient (Wildman–Crippen LogP) is 4.62. The molecular weight excluding hydrogens is 268 g/mol. The van der Waals surface area contributed by atoms with Crippen LogP contribution in [-0.4, -0.2) is 0 Å². The Hall–Kier alpha value is -1.82. The SMILES string of the molecule is CC(N[C@H](C)c1ccccc1Cl)c1cccc(C#N)c1. The van der Waals surface area contributed by atoms with Crippen LogP contribution in [0.15, 0.2) is 48.5 Å². The molecule has 0 fully saturated rings. The van der Waals surface area contributed by atoms with Crippen LogP contribution in [0.25, 0.3) is 0 Å². The standard InChI is InChI=1S/C17H17ClN2/c1-12(15-7-5-6-14(10-15)11-19)20-13(2)16-8-3-4-9-17(16)18/h3-10,12-13,20H,1-2H3/t12?,13-/m1/s1. The minimum Gasteiger partial charge on any atom is -0.304 e. The number of nitrogens with one attached hydrogen (secondary N) is 1. The smallest absolute Gasteiger partial charge is 0.0991 e. The van der Waals surface area contributed by atoms with Crippen LogP contribution in [0.1, 0.15) is 42.6 Å². The second-order valence-corrected chi connectivity index (χ2v) is 5.28. The van der Waals surface area contributed by atoms with Gasteiger partial charge in [-0.15, -0.1) is 0 Å². The summed E-state index contributed by atoms with van der Waals surface area (Å²) in [6.07, 6.45) is 0. The third-order valence-corrected chi connectivity index (χ3v) is 3.73. The molecule has 20 heavy (non-hydrogen) atoms. The van der Waals surface area contributed by atoms with Crippen molar-refractivity contribution < 1.29 is 0 Å². The summed E-state index contributed by atoms with van der Waals surface area (Å²) in [5.74, 6) is 0. The van der Waals surface area contributed by atoms with Crippen molar-refractivity contribution in [2.24, 2.45) is 0 Å². The van der Waals surface area contributed by atoms with E-state index in [1.165, 1.54) is 0 Å². The number of halogens is 1. The first-order chi connectivity index (χ1) is 9.61. The highest BCUT2D eigenvalue weighted by molar-refractivity contribution is 6.31. The fraction of sp³-hybridized carbons (Fsp3) is 0.235. The number of hydrogen-bond donors (Lipinski definition) is 1. The van der Waals surface area contributed by atoms with Gasteiger partial charge in [-0.05, 0) is 43.2 Å². The maximum absolute atomic E-state index is 8.95. The molecule has 2 aromatic rings. The second kappa shape index (κ2) is 6.56. The average Bonchev–Trinajstić information content (AvgIpc) is 2.47. The molecule has 0 spiro atoms. The number of nitriles is 1. The summed E-state index contributed by atoms with van der Waals surface area (Å²) in [6, 6.07) is 18.0. The van der Waals surface area contributed by atoms with E-state index < -0.39 is 0 Å². The number of rotatable bonds is 4. The molecule has 0 aromatic heterocycles. The lowest BCUT2D eigenvalue weighted by Gasteiger charge is -2.21. The fourth-order valence-corrected chi connectivity index (χ4v) is 2.56. The van der Waals surface area contributed by atoms with Gasteiger partial charge in [0.05, 0.1) is 11.6 Å². The topological polar surface area (TPSA) is 35.8 Å². The number of nitrogens with zero attached hydrogens (tertiary/aromatic N) is 1. The van der Waals surface area contributed by atoms with Gasteiger partial charge < -0.3 is 5.32 Å². The summed E-state index contributed by atoms with van der Waals surface area (Å²) in [7, 11) is 0. The van der Waals surface area contributed by atoms with Crippen LogP contribution in [0.2, 0.25) is 5.02 Å². The maximum Gasteiger partial charge on any atom is 0.0991 e. The van der Waals surface area contributed by atoms with Crippen LogP contribution in [0.5, 0.6) is 0 Å². The normalized spacial score (nSPS) is 13.5. The highest BCUT2D eigenvalue weighted by atomic mass is 35.5. The van der Waals surface area contributed by atoms with Crippen LogP contribution < -0.4 is 5.32 Å². The van der Waals surface area contributed by atoms with Gasteiger partial charge in [-0.25, -0.2) is 0 Å². The lowest BCUT2D eigenvalue weighted by atomic mass is 10.0. The molecule has 0 aliphatic heterocycles. The molecule has 0 heterocycles. The first-order valence-electron chi connectivity index (χ1n) is 6.62. The molecule has 0 saturated carbocycles. The highest BCUT2D eigenvalue weighted by Crippen LogP contribution is 2.25. The fourth-order valence-electron chi connectivity index (χ4n) is 2.26. The minimum atomic E-state index is 0.143. The van der Waals surface area contributed by atoms with Gasteiger partial charge in [0.15, 0.2) is 0 Å². The monoisotopic (exact) mass is 284 g/mol. The highest BCUT2D eigenvalue weighted by Gasteiger charge is 2.13. The second-order valence-electron chi connectivity index (χ2n) is 4.87. The van der Waals surface area contributed by atoms with E-state index in [2.05, 4.69) is 25.2 Å². The van der Waals surface area contributed by atoms with Crippen molar-refractivity contribution in [1.82, 2.24) is 5.32 Å². The van der Waals surface area contributed by atoms with Crippen molar-refractivity contribution in [3.8, 4) is 6.07 Å². The third kappa shape index (κ3) is 3.39. The summed E-state index contributed by atoms with van der Waals surface area (Å²) in [6.45, 7) is 4.18. The van der Waals surface area contributed by atoms with Gasteiger partial charge in [0.2, 0.25) is 0 Å². The lowest BCUT2D eigenvalue weighted by Crippen LogP contribution is -2.22. The summed E-state index contributed by atoms with van der Waals surface area (Å²) >= 11 is 6.21. The van der Waals surface area contributed by atoms with E-state index in [9.17, 15) is 0 Å². The Morgan fingerprint density at radius 3 is 2.50 bits per heavy atom. The Kier molecular flexibility index (Phi) is 4.79. The summed E-state index contributed by atoms with van der Waals surface area (Å²) in [5.41, 5.74) is 2.86. The molecule has 2 rings (SSSR count). The molecule has 1 unspecified atom stereocenters. The van der Waals surface area contributed by atoms with E-state index in [1.807, 2.05) is 48.5 Å². The van der Waals surface area contributed by atoms with Gasteiger partial charge in [-0.3, -0.25) is 0 Å². The Balaban J connectivity index is 2.13. The van der Waals surface area contributed by atoms with Crippen LogP contribution >= 0.6 is 11.6 Å². The van der Waals surface area contributed by atoms with Crippen LogP contribution in [0, 0.1) is 11.3 Å². The summed E-state index contributed by atoms with van der Waals surface area (Å²) in [4.78, 5) is 0. The Labute approximate surface area is 125 Å². The van der Waals surface area contributed by atoms with Crippen LogP contribution in [0.3, 0.4) is 0 Å². The van der Waals surface area contributed by atoms with E-state index in [0.29, 0.717) is 5.56 Å². The Morgan fingerprint density at radius 2 is 1.80 bits per heavy atom. The molecule has 0 aliphatic rings. The van der Waals surface area contributed by atoms with Crippen LogP contribution in [0.4, 0.5) is 0 Å². The summed E-state index contributed by atoms with van der Waals surface area (Å²) < 4.78 is 0. The first-order valence-corrected chi connectivity index (χ1v) is 7.00.